The monoisotopic (exact) mass is 399 g/mol. The second kappa shape index (κ2) is 10.0. The fraction of sp³-hybridized carbons (Fsp3) is 0.524. The number of allylic oxidation sites excluding steroid dienone is 1. The number of rotatable bonds is 10. The Morgan fingerprint density at radius 1 is 1.17 bits per heavy atom. The Morgan fingerprint density at radius 2 is 1.93 bits per heavy atom. The molecule has 0 aliphatic carbocycles. The summed E-state index contributed by atoms with van der Waals surface area (Å²) < 4.78 is 12.7. The maximum Gasteiger partial charge on any atom is 0.338 e. The molecule has 0 radical (unpaired) electrons. The van der Waals surface area contributed by atoms with E-state index in [-0.39, 0.29) is 5.97 Å². The molecule has 0 saturated heterocycles. The van der Waals surface area contributed by atoms with Crippen molar-refractivity contribution in [2.45, 2.75) is 58.4 Å². The van der Waals surface area contributed by atoms with Crippen LogP contribution in [0.25, 0.3) is 0 Å². The summed E-state index contributed by atoms with van der Waals surface area (Å²) in [7, 11) is 1.60. The van der Waals surface area contributed by atoms with Crippen LogP contribution in [-0.4, -0.2) is 39.9 Å². The first-order chi connectivity index (χ1) is 14.2. The van der Waals surface area contributed by atoms with Gasteiger partial charge in [0, 0.05) is 11.3 Å². The van der Waals surface area contributed by atoms with Crippen LogP contribution < -0.4 is 10.1 Å². The minimum Gasteiger partial charge on any atom is -0.496 e. The fourth-order valence-corrected chi connectivity index (χ4v) is 3.58. The molecule has 0 bridgehead atoms. The Balaban J connectivity index is 1.77. The van der Waals surface area contributed by atoms with Gasteiger partial charge in [-0.3, -0.25) is 0 Å². The van der Waals surface area contributed by atoms with Crippen molar-refractivity contribution in [1.29, 1.82) is 0 Å². The maximum atomic E-state index is 13.0. The zero-order valence-electron chi connectivity index (χ0n) is 17.4. The molecule has 2 aromatic rings. The number of ether oxygens (including phenoxy) is 2. The molecule has 0 saturated carbocycles. The Kier molecular flexibility index (Phi) is 7.21. The minimum atomic E-state index is -0.519. The first-order valence-corrected chi connectivity index (χ1v) is 10.2. The lowest BCUT2D eigenvalue weighted by atomic mass is 9.95. The third kappa shape index (κ3) is 4.75. The predicted octanol–water partition coefficient (Wildman–Crippen LogP) is 3.87. The van der Waals surface area contributed by atoms with Gasteiger partial charge >= 0.3 is 5.97 Å². The van der Waals surface area contributed by atoms with Gasteiger partial charge in [-0.2, -0.15) is 4.68 Å². The zero-order valence-corrected chi connectivity index (χ0v) is 17.4. The third-order valence-corrected chi connectivity index (χ3v) is 5.10. The predicted molar refractivity (Wildman–Crippen MR) is 110 cm³/mol. The van der Waals surface area contributed by atoms with Crippen LogP contribution in [0.3, 0.4) is 0 Å². The standard InChI is InChI=1S/C21H29N5O3/c1-4-5-6-7-8-11-14-29-20(27)18-15(2)22-21-23-24-25-26(21)19(18)16-12-9-10-13-17(16)28-3/h9-10,12-13,19H,4-8,11,14H2,1-3H3,(H,22,23,25). The second-order valence-corrected chi connectivity index (χ2v) is 7.16. The number of benzene rings is 1. The number of fused-ring (bicyclic) bond motifs is 1. The van der Waals surface area contributed by atoms with Gasteiger partial charge in [0.1, 0.15) is 11.8 Å². The quantitative estimate of drug-likeness (QED) is 0.479. The van der Waals surface area contributed by atoms with E-state index in [2.05, 4.69) is 27.8 Å². The lowest BCUT2D eigenvalue weighted by molar-refractivity contribution is -0.139. The molecule has 8 heteroatoms. The summed E-state index contributed by atoms with van der Waals surface area (Å²) in [6.45, 7) is 4.44. The lowest BCUT2D eigenvalue weighted by Crippen LogP contribution is -2.30. The molecule has 1 aliphatic rings. The van der Waals surface area contributed by atoms with Crippen LogP contribution >= 0.6 is 0 Å². The molecular formula is C21H29N5O3. The zero-order chi connectivity index (χ0) is 20.6. The smallest absolute Gasteiger partial charge is 0.338 e. The van der Waals surface area contributed by atoms with Gasteiger partial charge < -0.3 is 14.8 Å². The largest absolute Gasteiger partial charge is 0.496 e. The Labute approximate surface area is 171 Å². The van der Waals surface area contributed by atoms with Crippen molar-refractivity contribution in [3.05, 3.63) is 41.1 Å². The van der Waals surface area contributed by atoms with Gasteiger partial charge in [-0.25, -0.2) is 4.79 Å². The average molecular weight is 399 g/mol. The lowest BCUT2D eigenvalue weighted by Gasteiger charge is -2.28. The molecule has 0 fully saturated rings. The number of nitrogens with zero attached hydrogens (tertiary/aromatic N) is 4. The van der Waals surface area contributed by atoms with Gasteiger partial charge in [0.15, 0.2) is 0 Å². The number of para-hydroxylation sites is 1. The molecule has 3 rings (SSSR count). The van der Waals surface area contributed by atoms with Crippen LogP contribution in [0.1, 0.15) is 64.0 Å². The van der Waals surface area contributed by atoms with Crippen LogP contribution in [0.15, 0.2) is 35.5 Å². The number of hydrogen-bond acceptors (Lipinski definition) is 7. The fourth-order valence-electron chi connectivity index (χ4n) is 3.58. The number of esters is 1. The Bertz CT molecular complexity index is 862. The van der Waals surface area contributed by atoms with Crippen molar-refractivity contribution >= 4 is 11.9 Å². The third-order valence-electron chi connectivity index (χ3n) is 5.10. The molecule has 1 aromatic carbocycles. The van der Waals surface area contributed by atoms with Gasteiger partial charge in [-0.15, -0.1) is 0 Å². The van der Waals surface area contributed by atoms with Crippen molar-refractivity contribution in [1.82, 2.24) is 20.2 Å². The minimum absolute atomic E-state index is 0.361. The number of methoxy groups -OCH3 is 1. The van der Waals surface area contributed by atoms with Crippen molar-refractivity contribution in [3.63, 3.8) is 0 Å². The molecule has 0 spiro atoms. The number of carbonyl (C=O) groups is 1. The van der Waals surface area contributed by atoms with Crippen LogP contribution in [0.4, 0.5) is 5.95 Å². The SMILES string of the molecule is CCCCCCCCOC(=O)C1=C(C)Nc2nnnn2C1c1ccccc1OC. The Hall–Kier alpha value is -2.90. The molecule has 29 heavy (non-hydrogen) atoms. The first kappa shape index (κ1) is 20.8. The summed E-state index contributed by atoms with van der Waals surface area (Å²) in [6, 6.07) is 7.04. The summed E-state index contributed by atoms with van der Waals surface area (Å²) in [5, 5.41) is 15.0. The van der Waals surface area contributed by atoms with Crippen LogP contribution in [0.5, 0.6) is 5.75 Å². The van der Waals surface area contributed by atoms with E-state index < -0.39 is 6.04 Å². The second-order valence-electron chi connectivity index (χ2n) is 7.16. The molecule has 2 heterocycles. The molecular weight excluding hydrogens is 370 g/mol. The number of anilines is 1. The number of hydrogen-bond donors (Lipinski definition) is 1. The first-order valence-electron chi connectivity index (χ1n) is 10.2. The Morgan fingerprint density at radius 3 is 2.72 bits per heavy atom. The number of carbonyl (C=O) groups excluding carboxylic acids is 1. The highest BCUT2D eigenvalue weighted by Gasteiger charge is 2.36. The van der Waals surface area contributed by atoms with Crippen molar-refractivity contribution in [3.8, 4) is 5.75 Å². The topological polar surface area (TPSA) is 91.2 Å². The summed E-state index contributed by atoms with van der Waals surface area (Å²) >= 11 is 0. The molecule has 8 nitrogen and oxygen atoms in total. The molecule has 1 unspecified atom stereocenters. The molecule has 1 aliphatic heterocycles. The number of nitrogens with one attached hydrogen (secondary N) is 1. The molecule has 156 valence electrons. The summed E-state index contributed by atoms with van der Waals surface area (Å²) in [5.41, 5.74) is 1.97. The van der Waals surface area contributed by atoms with E-state index in [1.807, 2.05) is 31.2 Å². The normalized spacial score (nSPS) is 15.6. The van der Waals surface area contributed by atoms with E-state index in [1.54, 1.807) is 11.8 Å². The van der Waals surface area contributed by atoms with E-state index in [0.717, 1.165) is 18.4 Å². The van der Waals surface area contributed by atoms with E-state index in [9.17, 15) is 4.79 Å². The van der Waals surface area contributed by atoms with Crippen molar-refractivity contribution in [2.75, 3.05) is 19.0 Å². The van der Waals surface area contributed by atoms with Gasteiger partial charge in [0.25, 0.3) is 0 Å². The van der Waals surface area contributed by atoms with E-state index >= 15 is 0 Å². The van der Waals surface area contributed by atoms with Crippen LogP contribution in [-0.2, 0) is 9.53 Å². The van der Waals surface area contributed by atoms with Gasteiger partial charge in [0.05, 0.1) is 19.3 Å². The van der Waals surface area contributed by atoms with Crippen LogP contribution in [0.2, 0.25) is 0 Å². The number of unbranched alkanes of at least 4 members (excludes halogenated alkanes) is 5. The van der Waals surface area contributed by atoms with E-state index in [1.165, 1.54) is 25.7 Å². The summed E-state index contributed by atoms with van der Waals surface area (Å²) in [4.78, 5) is 13.0. The highest BCUT2D eigenvalue weighted by atomic mass is 16.5. The average Bonchev–Trinajstić information content (AvgIpc) is 3.19. The van der Waals surface area contributed by atoms with Gasteiger partial charge in [0.2, 0.25) is 5.95 Å². The maximum absolute atomic E-state index is 13.0. The van der Waals surface area contributed by atoms with Crippen molar-refractivity contribution in [2.24, 2.45) is 0 Å². The number of tetrazole rings is 1. The highest BCUT2D eigenvalue weighted by Crippen LogP contribution is 2.38. The van der Waals surface area contributed by atoms with E-state index in [0.29, 0.717) is 29.6 Å². The van der Waals surface area contributed by atoms with Crippen LogP contribution in [0, 0.1) is 0 Å². The molecule has 1 aromatic heterocycles. The molecule has 0 amide bonds. The molecule has 1 N–H and O–H groups in total. The summed E-state index contributed by atoms with van der Waals surface area (Å²) in [5.74, 6) is 0.779. The van der Waals surface area contributed by atoms with E-state index in [4.69, 9.17) is 9.47 Å². The number of aromatic nitrogens is 4. The highest BCUT2D eigenvalue weighted by molar-refractivity contribution is 5.92. The van der Waals surface area contributed by atoms with Gasteiger partial charge in [-0.1, -0.05) is 62.3 Å². The van der Waals surface area contributed by atoms with Gasteiger partial charge in [-0.05, 0) is 29.8 Å². The summed E-state index contributed by atoms with van der Waals surface area (Å²) in [6.07, 6.45) is 6.82. The molecule has 1 atom stereocenters. The van der Waals surface area contributed by atoms with Crippen molar-refractivity contribution < 1.29 is 14.3 Å².